The molecule has 5 N–H and O–H groups in total. The van der Waals surface area contributed by atoms with Crippen molar-refractivity contribution in [3.05, 3.63) is 0 Å². The van der Waals surface area contributed by atoms with Crippen LogP contribution in [0.1, 0.15) is 135 Å². The Kier molecular flexibility index (Phi) is 24.4. The van der Waals surface area contributed by atoms with E-state index in [1.807, 2.05) is 0 Å². The quantitative estimate of drug-likeness (QED) is 0.0846. The van der Waals surface area contributed by atoms with Gasteiger partial charge in [-0.15, -0.1) is 0 Å². The largest absolute Gasteiger partial charge is 0.463 e. The molecule has 0 heterocycles. The molecule has 7 heteroatoms. The molecule has 0 unspecified atom stereocenters. The van der Waals surface area contributed by atoms with Crippen LogP contribution in [0.2, 0.25) is 0 Å². The predicted molar refractivity (Wildman–Crippen MR) is 140 cm³/mol. The number of unbranched alkanes of at least 4 members (excludes halogenated alkanes) is 18. The molecule has 0 aromatic carbocycles. The van der Waals surface area contributed by atoms with Crippen molar-refractivity contribution in [2.24, 2.45) is 0 Å². The van der Waals surface area contributed by atoms with Crippen molar-refractivity contribution in [2.45, 2.75) is 160 Å². The molecule has 0 spiro atoms. The first-order valence-electron chi connectivity index (χ1n) is 14.4. The first-order valence-corrected chi connectivity index (χ1v) is 14.4. The Morgan fingerprint density at radius 1 is 0.571 bits per heavy atom. The van der Waals surface area contributed by atoms with Gasteiger partial charge in [0.05, 0.1) is 6.61 Å². The van der Waals surface area contributed by atoms with Gasteiger partial charge in [-0.2, -0.15) is 0 Å². The number of esters is 1. The summed E-state index contributed by atoms with van der Waals surface area (Å²) in [4.78, 5) is 11.7. The van der Waals surface area contributed by atoms with Crippen LogP contribution in [0.25, 0.3) is 0 Å². The summed E-state index contributed by atoms with van der Waals surface area (Å²) in [6, 6.07) is 0. The highest BCUT2D eigenvalue weighted by atomic mass is 16.5. The van der Waals surface area contributed by atoms with Crippen molar-refractivity contribution in [3.63, 3.8) is 0 Å². The van der Waals surface area contributed by atoms with E-state index in [2.05, 4.69) is 6.92 Å². The highest BCUT2D eigenvalue weighted by molar-refractivity contribution is 5.69. The van der Waals surface area contributed by atoms with Gasteiger partial charge in [-0.3, -0.25) is 4.79 Å². The Hall–Kier alpha value is -0.730. The summed E-state index contributed by atoms with van der Waals surface area (Å²) in [7, 11) is 0. The molecule has 210 valence electrons. The van der Waals surface area contributed by atoms with Gasteiger partial charge in [0.2, 0.25) is 0 Å². The van der Waals surface area contributed by atoms with E-state index in [0.717, 1.165) is 19.3 Å². The van der Waals surface area contributed by atoms with Gasteiger partial charge in [-0.05, 0) is 6.42 Å². The number of hydrogen-bond donors (Lipinski definition) is 5. The summed E-state index contributed by atoms with van der Waals surface area (Å²) < 4.78 is 4.92. The molecule has 0 radical (unpaired) electrons. The van der Waals surface area contributed by atoms with Crippen LogP contribution in [0.5, 0.6) is 0 Å². The van der Waals surface area contributed by atoms with E-state index in [0.29, 0.717) is 0 Å². The molecule has 0 aromatic heterocycles. The van der Waals surface area contributed by atoms with Gasteiger partial charge in [-0.25, -0.2) is 0 Å². The zero-order chi connectivity index (χ0) is 26.2. The van der Waals surface area contributed by atoms with Gasteiger partial charge in [-0.1, -0.05) is 122 Å². The Morgan fingerprint density at radius 3 is 1.29 bits per heavy atom. The van der Waals surface area contributed by atoms with Gasteiger partial charge in [0.1, 0.15) is 31.0 Å². The van der Waals surface area contributed by atoms with Crippen LogP contribution >= 0.6 is 0 Å². The van der Waals surface area contributed by atoms with E-state index in [9.17, 15) is 25.2 Å². The zero-order valence-corrected chi connectivity index (χ0v) is 22.4. The van der Waals surface area contributed by atoms with Crippen LogP contribution in [0.4, 0.5) is 0 Å². The van der Waals surface area contributed by atoms with E-state index in [-0.39, 0.29) is 6.42 Å². The fourth-order valence-electron chi connectivity index (χ4n) is 4.26. The maximum absolute atomic E-state index is 11.7. The molecule has 0 rings (SSSR count). The Morgan fingerprint density at radius 2 is 0.914 bits per heavy atom. The Labute approximate surface area is 214 Å². The number of ether oxygens (including phenoxy) is 1. The lowest BCUT2D eigenvalue weighted by molar-refractivity contribution is -0.156. The van der Waals surface area contributed by atoms with Crippen molar-refractivity contribution in [3.8, 4) is 0 Å². The number of carbonyl (C=O) groups is 1. The lowest BCUT2D eigenvalue weighted by Crippen LogP contribution is -2.47. The van der Waals surface area contributed by atoms with E-state index in [1.165, 1.54) is 103 Å². The molecule has 0 amide bonds. The predicted octanol–water partition coefficient (Wildman–Crippen LogP) is 4.79. The van der Waals surface area contributed by atoms with Crippen molar-refractivity contribution >= 4 is 5.97 Å². The second-order valence-electron chi connectivity index (χ2n) is 10.1. The van der Waals surface area contributed by atoms with Crippen LogP contribution in [0, 0.1) is 0 Å². The van der Waals surface area contributed by atoms with Crippen LogP contribution in [-0.2, 0) is 9.53 Å². The van der Waals surface area contributed by atoms with Crippen molar-refractivity contribution in [1.82, 2.24) is 0 Å². The summed E-state index contributed by atoms with van der Waals surface area (Å²) in [6.07, 6.45) is 18.3. The molecule has 0 aromatic rings. The van der Waals surface area contributed by atoms with Crippen LogP contribution in [0.15, 0.2) is 0 Å². The summed E-state index contributed by atoms with van der Waals surface area (Å²) in [5.74, 6) is -0.458. The summed E-state index contributed by atoms with van der Waals surface area (Å²) >= 11 is 0. The molecule has 4 atom stereocenters. The lowest BCUT2D eigenvalue weighted by Gasteiger charge is -2.25. The Balaban J connectivity index is 3.38. The van der Waals surface area contributed by atoms with Gasteiger partial charge in [0, 0.05) is 6.42 Å². The third-order valence-electron chi connectivity index (χ3n) is 6.72. The first-order chi connectivity index (χ1) is 16.9. The average Bonchev–Trinajstić information content (AvgIpc) is 2.87. The molecule has 0 aliphatic carbocycles. The number of carbonyl (C=O) groups excluding carboxylic acids is 1. The number of aliphatic hydroxyl groups excluding tert-OH is 5. The SMILES string of the molecule is CCCCCCCCCCCCCCCCCCCCCC(=O)OC[C@@H](O)[C@@H](O)[C@H](O)[C@H](O)CO. The fraction of sp³-hybridized carbons (Fsp3) is 0.964. The van der Waals surface area contributed by atoms with E-state index in [1.54, 1.807) is 0 Å². The Bertz CT molecular complexity index is 461. The third-order valence-corrected chi connectivity index (χ3v) is 6.72. The highest BCUT2D eigenvalue weighted by Crippen LogP contribution is 2.15. The smallest absolute Gasteiger partial charge is 0.305 e. The minimum Gasteiger partial charge on any atom is -0.463 e. The van der Waals surface area contributed by atoms with Crippen molar-refractivity contribution in [1.29, 1.82) is 0 Å². The zero-order valence-electron chi connectivity index (χ0n) is 22.4. The second-order valence-corrected chi connectivity index (χ2v) is 10.1. The maximum atomic E-state index is 11.7. The van der Waals surface area contributed by atoms with E-state index >= 15 is 0 Å². The van der Waals surface area contributed by atoms with Gasteiger partial charge < -0.3 is 30.3 Å². The molecule has 0 aliphatic rings. The average molecular weight is 505 g/mol. The molecule has 0 aliphatic heterocycles. The minimum absolute atomic E-state index is 0.253. The van der Waals surface area contributed by atoms with Crippen LogP contribution in [0.3, 0.4) is 0 Å². The molecule has 0 saturated carbocycles. The molecule has 7 nitrogen and oxygen atoms in total. The lowest BCUT2D eigenvalue weighted by atomic mass is 10.0. The van der Waals surface area contributed by atoms with Crippen LogP contribution < -0.4 is 0 Å². The fourth-order valence-corrected chi connectivity index (χ4v) is 4.26. The van der Waals surface area contributed by atoms with Gasteiger partial charge >= 0.3 is 5.97 Å². The van der Waals surface area contributed by atoms with Crippen molar-refractivity contribution in [2.75, 3.05) is 13.2 Å². The molecular weight excluding hydrogens is 448 g/mol. The van der Waals surface area contributed by atoms with E-state index in [4.69, 9.17) is 9.84 Å². The standard InChI is InChI=1S/C28H56O7/c1-2-3-4-5-6-7-8-9-10-11-12-13-14-15-16-17-18-19-20-21-26(32)35-23-25(31)28(34)27(33)24(30)22-29/h24-25,27-31,33-34H,2-23H2,1H3/t24-,25-,27-,28-/m1/s1. The summed E-state index contributed by atoms with van der Waals surface area (Å²) in [6.45, 7) is 1.06. The monoisotopic (exact) mass is 504 g/mol. The summed E-state index contributed by atoms with van der Waals surface area (Å²) in [5, 5.41) is 47.0. The van der Waals surface area contributed by atoms with Crippen LogP contribution in [-0.4, -0.2) is 69.1 Å². The van der Waals surface area contributed by atoms with Gasteiger partial charge in [0.15, 0.2) is 0 Å². The molecular formula is C28H56O7. The first kappa shape index (κ1) is 34.3. The number of hydrogen-bond acceptors (Lipinski definition) is 7. The van der Waals surface area contributed by atoms with Crippen molar-refractivity contribution < 1.29 is 35.1 Å². The second kappa shape index (κ2) is 24.9. The topological polar surface area (TPSA) is 127 Å². The summed E-state index contributed by atoms with van der Waals surface area (Å²) in [5.41, 5.74) is 0. The normalized spacial score (nSPS) is 15.0. The molecule has 0 fully saturated rings. The highest BCUT2D eigenvalue weighted by Gasteiger charge is 2.30. The molecule has 0 saturated heterocycles. The third kappa shape index (κ3) is 21.1. The van der Waals surface area contributed by atoms with Gasteiger partial charge in [0.25, 0.3) is 0 Å². The minimum atomic E-state index is -1.71. The number of rotatable bonds is 26. The molecule has 0 bridgehead atoms. The molecule has 35 heavy (non-hydrogen) atoms. The maximum Gasteiger partial charge on any atom is 0.305 e. The number of aliphatic hydroxyl groups is 5. The van der Waals surface area contributed by atoms with E-state index < -0.39 is 43.6 Å².